The van der Waals surface area contributed by atoms with Gasteiger partial charge in [0.25, 0.3) is 5.91 Å². The number of fused-ring (bicyclic) bond motifs is 1. The van der Waals surface area contributed by atoms with Crippen molar-refractivity contribution < 1.29 is 26.4 Å². The van der Waals surface area contributed by atoms with Crippen molar-refractivity contribution in [1.29, 1.82) is 0 Å². The summed E-state index contributed by atoms with van der Waals surface area (Å²) in [4.78, 5) is 12.8. The lowest BCUT2D eigenvalue weighted by Gasteiger charge is -2.28. The average Bonchev–Trinajstić information content (AvgIpc) is 3.06. The molecule has 32 heavy (non-hydrogen) atoms. The van der Waals surface area contributed by atoms with Crippen molar-refractivity contribution in [3.8, 4) is 0 Å². The molecule has 10 heteroatoms. The lowest BCUT2D eigenvalue weighted by atomic mass is 10.0. The third-order valence-corrected chi connectivity index (χ3v) is 7.65. The summed E-state index contributed by atoms with van der Waals surface area (Å²) in [5.74, 6) is -0.831. The van der Waals surface area contributed by atoms with Crippen molar-refractivity contribution in [3.63, 3.8) is 0 Å². The summed E-state index contributed by atoms with van der Waals surface area (Å²) in [6, 6.07) is 11.5. The van der Waals surface area contributed by atoms with Gasteiger partial charge in [0, 0.05) is 18.7 Å². The number of aryl methyl sites for hydroxylation is 1. The molecule has 0 radical (unpaired) electrons. The number of carbonyl (C=O) groups excluding carboxylic acids is 1. The van der Waals surface area contributed by atoms with E-state index in [4.69, 9.17) is 0 Å². The van der Waals surface area contributed by atoms with E-state index in [0.717, 1.165) is 34.0 Å². The summed E-state index contributed by atoms with van der Waals surface area (Å²) in [7, 11) is -3.97. The molecule has 1 aliphatic rings. The molecule has 0 saturated carbocycles. The molecule has 0 saturated heterocycles. The van der Waals surface area contributed by atoms with Gasteiger partial charge >= 0.3 is 6.18 Å². The van der Waals surface area contributed by atoms with E-state index in [2.05, 4.69) is 5.10 Å². The topological polar surface area (TPSA) is 72.3 Å². The van der Waals surface area contributed by atoms with Gasteiger partial charge in [-0.15, -0.1) is 0 Å². The Kier molecular flexibility index (Phi) is 5.46. The van der Waals surface area contributed by atoms with Crippen molar-refractivity contribution >= 4 is 15.9 Å². The van der Waals surface area contributed by atoms with Gasteiger partial charge in [-0.05, 0) is 49.6 Å². The van der Waals surface area contributed by atoms with Crippen LogP contribution in [0.2, 0.25) is 0 Å². The van der Waals surface area contributed by atoms with E-state index >= 15 is 0 Å². The molecule has 0 aliphatic carbocycles. The molecule has 1 aliphatic heterocycles. The van der Waals surface area contributed by atoms with Crippen LogP contribution >= 0.6 is 0 Å². The van der Waals surface area contributed by atoms with Crippen molar-refractivity contribution in [2.45, 2.75) is 37.9 Å². The number of benzene rings is 2. The quantitative estimate of drug-likeness (QED) is 0.590. The zero-order chi connectivity index (χ0) is 23.3. The molecule has 2 aromatic carbocycles. The maximum atomic E-state index is 13.4. The van der Waals surface area contributed by atoms with E-state index in [0.29, 0.717) is 6.42 Å². The van der Waals surface area contributed by atoms with Crippen LogP contribution in [0.25, 0.3) is 0 Å². The number of nitrogens with zero attached hydrogens (tertiary/aromatic N) is 3. The Labute approximate surface area is 183 Å². The standard InChI is InChI=1S/C22H20F3N3O3S/c1-14-20(32(30,31)27-11-10-16-6-3-4-7-18(16)13-27)15(2)28(26-14)21(29)17-8-5-9-19(12-17)22(23,24)25/h3-9,12H,10-11,13H2,1-2H3. The Morgan fingerprint density at radius 3 is 2.41 bits per heavy atom. The Bertz CT molecular complexity index is 1310. The fourth-order valence-electron chi connectivity index (χ4n) is 3.95. The van der Waals surface area contributed by atoms with Crippen molar-refractivity contribution in [2.24, 2.45) is 0 Å². The summed E-state index contributed by atoms with van der Waals surface area (Å²) in [6.07, 6.45) is -4.05. The van der Waals surface area contributed by atoms with E-state index in [9.17, 15) is 26.4 Å². The number of sulfonamides is 1. The van der Waals surface area contributed by atoms with Gasteiger partial charge in [0.05, 0.1) is 17.0 Å². The normalized spacial score (nSPS) is 14.9. The van der Waals surface area contributed by atoms with E-state index in [1.54, 1.807) is 0 Å². The van der Waals surface area contributed by atoms with Gasteiger partial charge in [-0.1, -0.05) is 30.3 Å². The van der Waals surface area contributed by atoms with Crippen LogP contribution in [-0.4, -0.2) is 35.0 Å². The molecule has 0 bridgehead atoms. The number of hydrogen-bond donors (Lipinski definition) is 0. The molecule has 0 unspecified atom stereocenters. The van der Waals surface area contributed by atoms with Crippen LogP contribution in [0.3, 0.4) is 0 Å². The number of carbonyl (C=O) groups is 1. The van der Waals surface area contributed by atoms with Gasteiger partial charge in [0.2, 0.25) is 10.0 Å². The molecule has 0 fully saturated rings. The van der Waals surface area contributed by atoms with Gasteiger partial charge < -0.3 is 0 Å². The number of aromatic nitrogens is 2. The monoisotopic (exact) mass is 463 g/mol. The fraction of sp³-hybridized carbons (Fsp3) is 0.273. The minimum Gasteiger partial charge on any atom is -0.267 e. The van der Waals surface area contributed by atoms with Crippen LogP contribution in [0.5, 0.6) is 0 Å². The summed E-state index contributed by atoms with van der Waals surface area (Å²) in [5.41, 5.74) is 0.962. The lowest BCUT2D eigenvalue weighted by molar-refractivity contribution is -0.137. The minimum absolute atomic E-state index is 0.0590. The highest BCUT2D eigenvalue weighted by Crippen LogP contribution is 2.31. The van der Waals surface area contributed by atoms with Gasteiger partial charge in [0.1, 0.15) is 4.90 Å². The Balaban J connectivity index is 1.70. The van der Waals surface area contributed by atoms with Gasteiger partial charge in [-0.2, -0.15) is 27.3 Å². The first kappa shape index (κ1) is 22.2. The Morgan fingerprint density at radius 1 is 1.03 bits per heavy atom. The number of alkyl halides is 3. The van der Waals surface area contributed by atoms with Crippen LogP contribution < -0.4 is 0 Å². The molecule has 0 spiro atoms. The third-order valence-electron chi connectivity index (χ3n) is 5.55. The molecule has 3 aromatic rings. The van der Waals surface area contributed by atoms with Crippen LogP contribution in [0.4, 0.5) is 13.2 Å². The first-order valence-corrected chi connectivity index (χ1v) is 11.3. The first-order chi connectivity index (χ1) is 15.0. The largest absolute Gasteiger partial charge is 0.416 e. The zero-order valence-corrected chi connectivity index (χ0v) is 18.2. The van der Waals surface area contributed by atoms with Gasteiger partial charge in [-0.25, -0.2) is 8.42 Å². The van der Waals surface area contributed by atoms with Crippen molar-refractivity contribution in [3.05, 3.63) is 82.2 Å². The second-order valence-corrected chi connectivity index (χ2v) is 9.53. The van der Waals surface area contributed by atoms with Crippen LogP contribution in [0, 0.1) is 13.8 Å². The molecule has 1 aromatic heterocycles. The number of rotatable bonds is 3. The summed E-state index contributed by atoms with van der Waals surface area (Å²) < 4.78 is 68.1. The molecule has 2 heterocycles. The molecule has 4 rings (SSSR count). The summed E-state index contributed by atoms with van der Waals surface area (Å²) in [6.45, 7) is 3.37. The van der Waals surface area contributed by atoms with Crippen molar-refractivity contribution in [2.75, 3.05) is 6.54 Å². The Hall–Kier alpha value is -2.98. The van der Waals surface area contributed by atoms with E-state index in [1.165, 1.54) is 24.2 Å². The maximum Gasteiger partial charge on any atom is 0.416 e. The average molecular weight is 463 g/mol. The highest BCUT2D eigenvalue weighted by Gasteiger charge is 2.35. The first-order valence-electron chi connectivity index (χ1n) is 9.85. The maximum absolute atomic E-state index is 13.4. The third kappa shape index (κ3) is 3.84. The molecular weight excluding hydrogens is 443 g/mol. The van der Waals surface area contributed by atoms with Gasteiger partial charge in [-0.3, -0.25) is 4.79 Å². The van der Waals surface area contributed by atoms with E-state index in [1.807, 2.05) is 24.3 Å². The lowest BCUT2D eigenvalue weighted by Crippen LogP contribution is -2.36. The van der Waals surface area contributed by atoms with Crippen LogP contribution in [0.15, 0.2) is 53.4 Å². The van der Waals surface area contributed by atoms with Crippen LogP contribution in [0.1, 0.15) is 38.4 Å². The number of halogens is 3. The molecular formula is C22H20F3N3O3S. The second-order valence-electron chi connectivity index (χ2n) is 7.65. The zero-order valence-electron chi connectivity index (χ0n) is 17.3. The molecule has 0 amide bonds. The molecule has 168 valence electrons. The molecule has 6 nitrogen and oxygen atoms in total. The Morgan fingerprint density at radius 2 is 1.72 bits per heavy atom. The number of hydrogen-bond acceptors (Lipinski definition) is 4. The SMILES string of the molecule is Cc1nn(C(=O)c2cccc(C(F)(F)F)c2)c(C)c1S(=O)(=O)N1CCc2ccccc2C1. The van der Waals surface area contributed by atoms with Crippen LogP contribution in [-0.2, 0) is 29.2 Å². The van der Waals surface area contributed by atoms with E-state index in [-0.39, 0.29) is 34.9 Å². The predicted molar refractivity (Wildman–Crippen MR) is 111 cm³/mol. The smallest absolute Gasteiger partial charge is 0.267 e. The summed E-state index contributed by atoms with van der Waals surface area (Å²) >= 11 is 0. The highest BCUT2D eigenvalue weighted by atomic mass is 32.2. The molecule has 0 atom stereocenters. The molecule has 0 N–H and O–H groups in total. The fourth-order valence-corrected chi connectivity index (χ4v) is 5.73. The van der Waals surface area contributed by atoms with Gasteiger partial charge in [0.15, 0.2) is 0 Å². The minimum atomic E-state index is -4.61. The second kappa shape index (κ2) is 7.86. The van der Waals surface area contributed by atoms with E-state index < -0.39 is 27.7 Å². The summed E-state index contributed by atoms with van der Waals surface area (Å²) in [5, 5.41) is 4.06. The highest BCUT2D eigenvalue weighted by molar-refractivity contribution is 7.89. The predicted octanol–water partition coefficient (Wildman–Crippen LogP) is 3.95. The van der Waals surface area contributed by atoms with Crippen molar-refractivity contribution in [1.82, 2.24) is 14.1 Å².